The van der Waals surface area contributed by atoms with Crippen LogP contribution in [-0.2, 0) is 6.54 Å². The molecule has 1 aromatic heterocycles. The summed E-state index contributed by atoms with van der Waals surface area (Å²) < 4.78 is 5.06. The number of benzene rings is 1. The van der Waals surface area contributed by atoms with Crippen LogP contribution in [0.1, 0.15) is 17.2 Å². The molecule has 0 saturated carbocycles. The van der Waals surface area contributed by atoms with Crippen LogP contribution in [0.4, 0.5) is 5.00 Å². The predicted molar refractivity (Wildman–Crippen MR) is 80.6 cm³/mol. The molecule has 7 heteroatoms. The molecule has 6 nitrogen and oxygen atoms in total. The van der Waals surface area contributed by atoms with E-state index in [-0.39, 0.29) is 5.00 Å². The van der Waals surface area contributed by atoms with Crippen molar-refractivity contribution in [2.45, 2.75) is 12.6 Å². The van der Waals surface area contributed by atoms with Crippen LogP contribution in [0.25, 0.3) is 0 Å². The van der Waals surface area contributed by atoms with Crippen LogP contribution in [0, 0.1) is 10.1 Å². The minimum atomic E-state index is -0.635. The van der Waals surface area contributed by atoms with E-state index in [1.54, 1.807) is 36.8 Å². The minimum Gasteiger partial charge on any atom is -0.497 e. The van der Waals surface area contributed by atoms with Gasteiger partial charge in [0.1, 0.15) is 5.75 Å². The van der Waals surface area contributed by atoms with Gasteiger partial charge in [0.25, 0.3) is 0 Å². The van der Waals surface area contributed by atoms with E-state index in [1.165, 1.54) is 6.07 Å². The molecule has 2 aromatic rings. The topological polar surface area (TPSA) is 84.6 Å². The van der Waals surface area contributed by atoms with Crippen molar-refractivity contribution in [1.82, 2.24) is 5.32 Å². The number of nitrogens with one attached hydrogen (secondary N) is 1. The van der Waals surface area contributed by atoms with Gasteiger partial charge in [0.2, 0.25) is 0 Å². The van der Waals surface area contributed by atoms with Crippen LogP contribution in [0.15, 0.2) is 35.7 Å². The highest BCUT2D eigenvalue weighted by Gasteiger charge is 2.10. The third kappa shape index (κ3) is 4.25. The molecule has 0 bridgehead atoms. The summed E-state index contributed by atoms with van der Waals surface area (Å²) in [4.78, 5) is 10.2. The molecule has 0 fully saturated rings. The Morgan fingerprint density at radius 1 is 1.43 bits per heavy atom. The van der Waals surface area contributed by atoms with Crippen LogP contribution in [0.5, 0.6) is 5.75 Å². The standard InChI is InChI=1S/C14H16N2O4S/c1-20-12-4-2-11(3-5-12)13(17)8-15-7-10-6-14(16(18)19)21-9-10/h2-6,9,13,15,17H,7-8H2,1H3. The molecular weight excluding hydrogens is 292 g/mol. The van der Waals surface area contributed by atoms with Crippen molar-refractivity contribution in [2.75, 3.05) is 13.7 Å². The first-order valence-electron chi connectivity index (χ1n) is 6.34. The van der Waals surface area contributed by atoms with Crippen LogP contribution in [0.2, 0.25) is 0 Å². The maximum absolute atomic E-state index is 10.6. The fourth-order valence-electron chi connectivity index (χ4n) is 1.85. The molecule has 0 aliphatic rings. The van der Waals surface area contributed by atoms with Gasteiger partial charge in [-0.15, -0.1) is 0 Å². The Morgan fingerprint density at radius 3 is 2.71 bits per heavy atom. The quantitative estimate of drug-likeness (QED) is 0.606. The number of aliphatic hydroxyl groups is 1. The Balaban J connectivity index is 1.82. The van der Waals surface area contributed by atoms with Crippen molar-refractivity contribution in [3.05, 3.63) is 57.0 Å². The van der Waals surface area contributed by atoms with E-state index in [9.17, 15) is 15.2 Å². The zero-order valence-electron chi connectivity index (χ0n) is 11.5. The average molecular weight is 308 g/mol. The molecule has 1 aromatic carbocycles. The van der Waals surface area contributed by atoms with E-state index >= 15 is 0 Å². The molecule has 0 amide bonds. The summed E-state index contributed by atoms with van der Waals surface area (Å²) >= 11 is 1.10. The lowest BCUT2D eigenvalue weighted by Gasteiger charge is -2.12. The van der Waals surface area contributed by atoms with Crippen molar-refractivity contribution in [3.8, 4) is 5.75 Å². The molecule has 21 heavy (non-hydrogen) atoms. The Bertz CT molecular complexity index is 597. The van der Waals surface area contributed by atoms with Crippen LogP contribution in [0.3, 0.4) is 0 Å². The highest BCUT2D eigenvalue weighted by molar-refractivity contribution is 7.13. The predicted octanol–water partition coefficient (Wildman–Crippen LogP) is 2.49. The van der Waals surface area contributed by atoms with E-state index in [1.807, 2.05) is 0 Å². The van der Waals surface area contributed by atoms with E-state index in [4.69, 9.17) is 4.74 Å². The van der Waals surface area contributed by atoms with Gasteiger partial charge in [-0.3, -0.25) is 10.1 Å². The molecule has 112 valence electrons. The Morgan fingerprint density at radius 2 is 2.14 bits per heavy atom. The second kappa shape index (κ2) is 7.16. The Labute approximate surface area is 126 Å². The second-order valence-corrected chi connectivity index (χ2v) is 5.36. The van der Waals surface area contributed by atoms with E-state index < -0.39 is 11.0 Å². The molecule has 0 aliphatic carbocycles. The molecule has 0 aliphatic heterocycles. The highest BCUT2D eigenvalue weighted by Crippen LogP contribution is 2.22. The van der Waals surface area contributed by atoms with Gasteiger partial charge in [-0.25, -0.2) is 0 Å². The third-order valence-electron chi connectivity index (χ3n) is 2.99. The first-order valence-corrected chi connectivity index (χ1v) is 7.22. The summed E-state index contributed by atoms with van der Waals surface area (Å²) in [5.41, 5.74) is 1.63. The normalized spacial score (nSPS) is 12.1. The SMILES string of the molecule is COc1ccc(C(O)CNCc2csc([N+](=O)[O-])c2)cc1. The van der Waals surface area contributed by atoms with Crippen LogP contribution >= 0.6 is 11.3 Å². The van der Waals surface area contributed by atoms with Crippen molar-refractivity contribution < 1.29 is 14.8 Å². The second-order valence-electron chi connectivity index (χ2n) is 4.47. The lowest BCUT2D eigenvalue weighted by Crippen LogP contribution is -2.20. The number of rotatable bonds is 7. The van der Waals surface area contributed by atoms with Crippen LogP contribution in [-0.4, -0.2) is 23.7 Å². The van der Waals surface area contributed by atoms with Crippen molar-refractivity contribution in [3.63, 3.8) is 0 Å². The number of hydrogen-bond acceptors (Lipinski definition) is 6. The van der Waals surface area contributed by atoms with E-state index in [0.717, 1.165) is 28.2 Å². The molecule has 0 saturated heterocycles. The Hall–Kier alpha value is -1.96. The number of nitro groups is 1. The summed E-state index contributed by atoms with van der Waals surface area (Å²) in [6.07, 6.45) is -0.635. The van der Waals surface area contributed by atoms with Gasteiger partial charge in [-0.2, -0.15) is 0 Å². The fraction of sp³-hybridized carbons (Fsp3) is 0.286. The van der Waals surface area contributed by atoms with Gasteiger partial charge in [0.15, 0.2) is 0 Å². The fourth-order valence-corrected chi connectivity index (χ4v) is 2.58. The maximum Gasteiger partial charge on any atom is 0.324 e. The van der Waals surface area contributed by atoms with Gasteiger partial charge >= 0.3 is 5.00 Å². The summed E-state index contributed by atoms with van der Waals surface area (Å²) in [5.74, 6) is 0.740. The highest BCUT2D eigenvalue weighted by atomic mass is 32.1. The van der Waals surface area contributed by atoms with Gasteiger partial charge in [0, 0.05) is 24.5 Å². The molecular formula is C14H16N2O4S. The average Bonchev–Trinajstić information content (AvgIpc) is 2.96. The molecule has 2 rings (SSSR count). The van der Waals surface area contributed by atoms with Crippen molar-refractivity contribution in [2.24, 2.45) is 0 Å². The number of methoxy groups -OCH3 is 1. The largest absolute Gasteiger partial charge is 0.497 e. The molecule has 1 unspecified atom stereocenters. The molecule has 0 radical (unpaired) electrons. The molecule has 1 heterocycles. The van der Waals surface area contributed by atoms with Crippen molar-refractivity contribution in [1.29, 1.82) is 0 Å². The first-order chi connectivity index (χ1) is 10.1. The monoisotopic (exact) mass is 308 g/mol. The summed E-state index contributed by atoms with van der Waals surface area (Å²) in [6.45, 7) is 0.855. The summed E-state index contributed by atoms with van der Waals surface area (Å²) in [5, 5.41) is 25.6. The third-order valence-corrected chi connectivity index (χ3v) is 3.92. The maximum atomic E-state index is 10.6. The number of hydrogen-bond donors (Lipinski definition) is 2. The Kier molecular flexibility index (Phi) is 5.26. The van der Waals surface area contributed by atoms with E-state index in [2.05, 4.69) is 5.32 Å². The van der Waals surface area contributed by atoms with Gasteiger partial charge < -0.3 is 15.2 Å². The summed E-state index contributed by atoms with van der Waals surface area (Å²) in [7, 11) is 1.59. The van der Waals surface area contributed by atoms with Gasteiger partial charge in [-0.05, 0) is 23.3 Å². The van der Waals surface area contributed by atoms with E-state index in [0.29, 0.717) is 13.1 Å². The number of nitrogens with zero attached hydrogens (tertiary/aromatic N) is 1. The molecule has 2 N–H and O–H groups in total. The lowest BCUT2D eigenvalue weighted by atomic mass is 10.1. The van der Waals surface area contributed by atoms with Gasteiger partial charge in [0.05, 0.1) is 18.1 Å². The van der Waals surface area contributed by atoms with Gasteiger partial charge in [-0.1, -0.05) is 23.5 Å². The number of ether oxygens (including phenoxy) is 1. The number of aliphatic hydroxyl groups excluding tert-OH is 1. The lowest BCUT2D eigenvalue weighted by molar-refractivity contribution is -0.380. The van der Waals surface area contributed by atoms with Crippen molar-refractivity contribution >= 4 is 16.3 Å². The van der Waals surface area contributed by atoms with Crippen LogP contribution < -0.4 is 10.1 Å². The zero-order chi connectivity index (χ0) is 15.2. The summed E-state index contributed by atoms with van der Waals surface area (Å²) in [6, 6.07) is 8.74. The smallest absolute Gasteiger partial charge is 0.324 e. The minimum absolute atomic E-state index is 0.127. The first kappa shape index (κ1) is 15.4. The number of thiophene rings is 1. The zero-order valence-corrected chi connectivity index (χ0v) is 12.3. The molecule has 1 atom stereocenters. The molecule has 0 spiro atoms.